The Morgan fingerprint density at radius 2 is 2.07 bits per heavy atom. The van der Waals surface area contributed by atoms with Gasteiger partial charge in [0.2, 0.25) is 0 Å². The van der Waals surface area contributed by atoms with Crippen LogP contribution in [-0.2, 0) is 26.4 Å². The third-order valence-corrected chi connectivity index (χ3v) is 5.61. The van der Waals surface area contributed by atoms with Gasteiger partial charge < -0.3 is 10.2 Å². The zero-order valence-corrected chi connectivity index (χ0v) is 17.1. The lowest BCUT2D eigenvalue weighted by Crippen LogP contribution is -2.25. The van der Waals surface area contributed by atoms with Gasteiger partial charge in [-0.25, -0.2) is 4.98 Å². The number of carbonyl (C=O) groups is 1. The van der Waals surface area contributed by atoms with Gasteiger partial charge in [0.25, 0.3) is 5.91 Å². The van der Waals surface area contributed by atoms with Crippen LogP contribution in [0.5, 0.6) is 0 Å². The first-order chi connectivity index (χ1) is 13.5. The number of aryl methyl sites for hydroxylation is 1. The summed E-state index contributed by atoms with van der Waals surface area (Å²) in [6, 6.07) is 2.08. The molecule has 1 aliphatic carbocycles. The molecule has 28 heavy (non-hydrogen) atoms. The Morgan fingerprint density at radius 3 is 2.75 bits per heavy atom. The van der Waals surface area contributed by atoms with Gasteiger partial charge in [-0.05, 0) is 36.8 Å². The minimum Gasteiger partial charge on any atom is -0.369 e. The molecule has 3 heterocycles. The topological polar surface area (TPSA) is 66.3 Å². The number of hydrogen-bond acceptors (Lipinski definition) is 5. The van der Waals surface area contributed by atoms with Gasteiger partial charge in [0, 0.05) is 71.2 Å². The minimum absolute atomic E-state index is 0.0186. The van der Waals surface area contributed by atoms with Crippen LogP contribution in [0, 0.1) is 5.92 Å². The highest BCUT2D eigenvalue weighted by atomic mass is 16.2. The van der Waals surface area contributed by atoms with Gasteiger partial charge in [-0.3, -0.25) is 14.4 Å². The summed E-state index contributed by atoms with van der Waals surface area (Å²) in [6.07, 6.45) is 8.38. The minimum atomic E-state index is 0.0186. The molecule has 1 fully saturated rings. The summed E-state index contributed by atoms with van der Waals surface area (Å²) in [5, 5.41) is 7.72. The second-order valence-electron chi connectivity index (χ2n) is 8.31. The van der Waals surface area contributed by atoms with E-state index in [2.05, 4.69) is 27.6 Å². The molecule has 1 aliphatic heterocycles. The standard InChI is InChI=1S/C21H30N6O/c1-25(2)21(28)18-10-17-6-8-27(14-16-12-23-26(3)13-16)9-7-19(17)24-20(18)22-11-15-4-5-15/h10,12-13,15H,4-9,11,14H2,1-3H3,(H,22,24). The van der Waals surface area contributed by atoms with E-state index in [0.29, 0.717) is 5.56 Å². The van der Waals surface area contributed by atoms with Crippen molar-refractivity contribution in [1.82, 2.24) is 24.6 Å². The first kappa shape index (κ1) is 18.9. The van der Waals surface area contributed by atoms with E-state index >= 15 is 0 Å². The molecule has 0 bridgehead atoms. The van der Waals surface area contributed by atoms with E-state index in [1.165, 1.54) is 24.0 Å². The number of aromatic nitrogens is 3. The van der Waals surface area contributed by atoms with Gasteiger partial charge in [-0.15, -0.1) is 0 Å². The van der Waals surface area contributed by atoms with Crippen LogP contribution in [0.4, 0.5) is 5.82 Å². The van der Waals surface area contributed by atoms with Gasteiger partial charge in [0.1, 0.15) is 5.82 Å². The summed E-state index contributed by atoms with van der Waals surface area (Å²) in [5.74, 6) is 1.51. The predicted molar refractivity (Wildman–Crippen MR) is 109 cm³/mol. The van der Waals surface area contributed by atoms with Crippen LogP contribution in [-0.4, -0.2) is 64.2 Å². The molecular weight excluding hydrogens is 352 g/mol. The number of hydrogen-bond donors (Lipinski definition) is 1. The summed E-state index contributed by atoms with van der Waals surface area (Å²) in [7, 11) is 5.55. The van der Waals surface area contributed by atoms with E-state index < -0.39 is 0 Å². The smallest absolute Gasteiger partial charge is 0.257 e. The van der Waals surface area contributed by atoms with Crippen molar-refractivity contribution in [3.63, 3.8) is 0 Å². The van der Waals surface area contributed by atoms with Gasteiger partial charge in [0.15, 0.2) is 0 Å². The van der Waals surface area contributed by atoms with Crippen molar-refractivity contribution < 1.29 is 4.79 Å². The Balaban J connectivity index is 1.53. The molecule has 4 rings (SSSR count). The van der Waals surface area contributed by atoms with Gasteiger partial charge >= 0.3 is 0 Å². The fourth-order valence-corrected chi connectivity index (χ4v) is 3.75. The number of carbonyl (C=O) groups excluding carboxylic acids is 1. The maximum absolute atomic E-state index is 12.7. The van der Waals surface area contributed by atoms with Gasteiger partial charge in [0.05, 0.1) is 11.8 Å². The van der Waals surface area contributed by atoms with E-state index in [9.17, 15) is 4.79 Å². The molecule has 0 unspecified atom stereocenters. The molecular formula is C21H30N6O. The molecule has 0 saturated heterocycles. The average Bonchev–Trinajstić information content (AvgIpc) is 3.44. The Kier molecular flexibility index (Phi) is 5.35. The number of nitrogens with zero attached hydrogens (tertiary/aromatic N) is 5. The molecule has 2 aromatic rings. The van der Waals surface area contributed by atoms with Crippen LogP contribution in [0.2, 0.25) is 0 Å². The van der Waals surface area contributed by atoms with Crippen LogP contribution >= 0.6 is 0 Å². The van der Waals surface area contributed by atoms with Crippen LogP contribution in [0.3, 0.4) is 0 Å². The molecule has 0 spiro atoms. The first-order valence-corrected chi connectivity index (χ1v) is 10.2. The van der Waals surface area contributed by atoms with E-state index in [0.717, 1.165) is 56.5 Å². The van der Waals surface area contributed by atoms with Crippen LogP contribution in [0.1, 0.15) is 40.0 Å². The molecule has 0 radical (unpaired) electrons. The van der Waals surface area contributed by atoms with Crippen LogP contribution in [0.25, 0.3) is 0 Å². The highest BCUT2D eigenvalue weighted by Crippen LogP contribution is 2.30. The summed E-state index contributed by atoms with van der Waals surface area (Å²) < 4.78 is 1.85. The molecule has 7 nitrogen and oxygen atoms in total. The number of fused-ring (bicyclic) bond motifs is 1. The van der Waals surface area contributed by atoms with E-state index in [-0.39, 0.29) is 5.91 Å². The third kappa shape index (κ3) is 4.35. The molecule has 1 amide bonds. The van der Waals surface area contributed by atoms with E-state index in [1.807, 2.05) is 17.9 Å². The summed E-state index contributed by atoms with van der Waals surface area (Å²) in [4.78, 5) is 21.7. The Bertz CT molecular complexity index is 855. The maximum Gasteiger partial charge on any atom is 0.257 e. The average molecular weight is 383 g/mol. The Morgan fingerprint density at radius 1 is 1.29 bits per heavy atom. The second kappa shape index (κ2) is 7.91. The fourth-order valence-electron chi connectivity index (χ4n) is 3.75. The zero-order chi connectivity index (χ0) is 19.7. The Labute approximate surface area is 166 Å². The molecule has 1 saturated carbocycles. The normalized spacial score (nSPS) is 17.1. The summed E-state index contributed by atoms with van der Waals surface area (Å²) in [5.41, 5.74) is 4.26. The largest absolute Gasteiger partial charge is 0.369 e. The first-order valence-electron chi connectivity index (χ1n) is 10.2. The molecule has 1 N–H and O–H groups in total. The van der Waals surface area contributed by atoms with Crippen molar-refractivity contribution in [2.45, 2.75) is 32.2 Å². The lowest BCUT2D eigenvalue weighted by molar-refractivity contribution is 0.0828. The number of pyridine rings is 1. The Hall–Kier alpha value is -2.41. The molecule has 2 aliphatic rings. The summed E-state index contributed by atoms with van der Waals surface area (Å²) in [6.45, 7) is 3.75. The third-order valence-electron chi connectivity index (χ3n) is 5.61. The molecule has 0 atom stereocenters. The lowest BCUT2D eigenvalue weighted by atomic mass is 10.0. The van der Waals surface area contributed by atoms with Gasteiger partial charge in [-0.1, -0.05) is 0 Å². The highest BCUT2D eigenvalue weighted by molar-refractivity contribution is 5.98. The van der Waals surface area contributed by atoms with Crippen molar-refractivity contribution in [3.8, 4) is 0 Å². The molecule has 2 aromatic heterocycles. The fraction of sp³-hybridized carbons (Fsp3) is 0.571. The van der Waals surface area contributed by atoms with Crippen molar-refractivity contribution in [2.75, 3.05) is 39.0 Å². The van der Waals surface area contributed by atoms with Crippen molar-refractivity contribution in [1.29, 1.82) is 0 Å². The summed E-state index contributed by atoms with van der Waals surface area (Å²) >= 11 is 0. The van der Waals surface area contributed by atoms with Gasteiger partial charge in [-0.2, -0.15) is 5.10 Å². The molecule has 7 heteroatoms. The van der Waals surface area contributed by atoms with Crippen molar-refractivity contribution >= 4 is 11.7 Å². The number of nitrogens with one attached hydrogen (secondary N) is 1. The number of anilines is 1. The monoisotopic (exact) mass is 382 g/mol. The molecule has 0 aromatic carbocycles. The van der Waals surface area contributed by atoms with E-state index in [1.54, 1.807) is 19.0 Å². The lowest BCUT2D eigenvalue weighted by Gasteiger charge is -2.18. The SMILES string of the molecule is CN(C)C(=O)c1cc2c(nc1NCC1CC1)CCN(Cc1cnn(C)c1)CC2. The zero-order valence-electron chi connectivity index (χ0n) is 17.1. The quantitative estimate of drug-likeness (QED) is 0.827. The van der Waals surface area contributed by atoms with Crippen LogP contribution < -0.4 is 5.32 Å². The highest BCUT2D eigenvalue weighted by Gasteiger charge is 2.25. The number of rotatable bonds is 6. The van der Waals surface area contributed by atoms with Crippen LogP contribution in [0.15, 0.2) is 18.5 Å². The van der Waals surface area contributed by atoms with E-state index in [4.69, 9.17) is 4.98 Å². The number of amides is 1. The second-order valence-corrected chi connectivity index (χ2v) is 8.31. The maximum atomic E-state index is 12.7. The van der Waals surface area contributed by atoms with Crippen molar-refractivity contribution in [3.05, 3.63) is 40.8 Å². The molecule has 150 valence electrons. The van der Waals surface area contributed by atoms with Crippen molar-refractivity contribution in [2.24, 2.45) is 13.0 Å². The predicted octanol–water partition coefficient (Wildman–Crippen LogP) is 1.94.